The Morgan fingerprint density at radius 3 is 2.41 bits per heavy atom. The molecular weight excluding hydrogens is 236 g/mol. The van der Waals surface area contributed by atoms with Gasteiger partial charge in [-0.1, -0.05) is 12.1 Å². The lowest BCUT2D eigenvalue weighted by molar-refractivity contribution is -0.144. The molecule has 6 heteroatoms. The fourth-order valence-electron chi connectivity index (χ4n) is 1.50. The molecule has 1 aromatic carbocycles. The molecule has 2 nitrogen and oxygen atoms in total. The van der Waals surface area contributed by atoms with E-state index in [-0.39, 0.29) is 18.7 Å². The van der Waals surface area contributed by atoms with Crippen molar-refractivity contribution in [3.63, 3.8) is 0 Å². The fraction of sp³-hybridized carbons (Fsp3) is 0.455. The number of nitrogens with zero attached hydrogens (tertiary/aromatic N) is 1. The minimum absolute atomic E-state index is 0.0871. The summed E-state index contributed by atoms with van der Waals surface area (Å²) in [6.45, 7) is -0.948. The van der Waals surface area contributed by atoms with Crippen LogP contribution in [0.1, 0.15) is 11.1 Å². The van der Waals surface area contributed by atoms with E-state index in [2.05, 4.69) is 0 Å². The first kappa shape index (κ1) is 13.9. The molecule has 0 saturated carbocycles. The van der Waals surface area contributed by atoms with Crippen LogP contribution in [0.5, 0.6) is 0 Å². The van der Waals surface area contributed by atoms with Crippen LogP contribution in [0.25, 0.3) is 0 Å². The molecule has 0 amide bonds. The Bertz CT molecular complexity index is 376. The summed E-state index contributed by atoms with van der Waals surface area (Å²) in [7, 11) is 1.30. The first-order chi connectivity index (χ1) is 7.81. The Labute approximate surface area is 97.0 Å². The minimum Gasteiger partial charge on any atom is -0.326 e. The van der Waals surface area contributed by atoms with Gasteiger partial charge >= 0.3 is 6.18 Å². The van der Waals surface area contributed by atoms with Crippen molar-refractivity contribution in [3.05, 3.63) is 35.1 Å². The smallest absolute Gasteiger partial charge is 0.326 e. The predicted octanol–water partition coefficient (Wildman–Crippen LogP) is 2.28. The topological polar surface area (TPSA) is 29.3 Å². The van der Waals surface area contributed by atoms with Crippen LogP contribution in [0.2, 0.25) is 0 Å². The van der Waals surface area contributed by atoms with Gasteiger partial charge in [-0.05, 0) is 18.7 Å². The van der Waals surface area contributed by atoms with Crippen LogP contribution in [-0.4, -0.2) is 24.7 Å². The third-order valence-corrected chi connectivity index (χ3v) is 2.24. The van der Waals surface area contributed by atoms with Gasteiger partial charge in [0.2, 0.25) is 0 Å². The molecule has 0 aromatic heterocycles. The van der Waals surface area contributed by atoms with Gasteiger partial charge < -0.3 is 5.73 Å². The second-order valence-corrected chi connectivity index (χ2v) is 3.92. The number of nitrogens with two attached hydrogens (primary N) is 1. The molecule has 0 saturated heterocycles. The van der Waals surface area contributed by atoms with Crippen molar-refractivity contribution in [2.24, 2.45) is 5.73 Å². The number of hydrogen-bond donors (Lipinski definition) is 1. The summed E-state index contributed by atoms with van der Waals surface area (Å²) in [5.74, 6) is -0.526. The van der Waals surface area contributed by atoms with Crippen LogP contribution >= 0.6 is 0 Å². The Hall–Kier alpha value is -1.14. The zero-order valence-electron chi connectivity index (χ0n) is 9.39. The maximum Gasteiger partial charge on any atom is 0.401 e. The molecule has 0 aliphatic carbocycles. The van der Waals surface area contributed by atoms with Crippen molar-refractivity contribution in [3.8, 4) is 0 Å². The highest BCUT2D eigenvalue weighted by Gasteiger charge is 2.29. The summed E-state index contributed by atoms with van der Waals surface area (Å²) in [5, 5.41) is 0. The second kappa shape index (κ2) is 5.46. The zero-order chi connectivity index (χ0) is 13.1. The lowest BCUT2D eigenvalue weighted by atomic mass is 10.1. The summed E-state index contributed by atoms with van der Waals surface area (Å²) in [6.07, 6.45) is -4.28. The number of hydrogen-bond acceptors (Lipinski definition) is 2. The molecule has 0 fully saturated rings. The van der Waals surface area contributed by atoms with Crippen LogP contribution in [0.3, 0.4) is 0 Å². The maximum atomic E-state index is 13.5. The van der Waals surface area contributed by atoms with Crippen LogP contribution in [0.4, 0.5) is 17.6 Å². The van der Waals surface area contributed by atoms with Crippen molar-refractivity contribution >= 4 is 0 Å². The van der Waals surface area contributed by atoms with Gasteiger partial charge in [-0.2, -0.15) is 13.2 Å². The van der Waals surface area contributed by atoms with Gasteiger partial charge in [-0.3, -0.25) is 4.90 Å². The Morgan fingerprint density at radius 2 is 1.94 bits per heavy atom. The summed E-state index contributed by atoms with van der Waals surface area (Å²) in [4.78, 5) is 1.01. The second-order valence-electron chi connectivity index (χ2n) is 3.92. The fourth-order valence-corrected chi connectivity index (χ4v) is 1.50. The standard InChI is InChI=1S/C11H14F4N2/c1-17(7-11(13,14)15)6-9-3-2-8(5-16)4-10(9)12/h2-4H,5-7,16H2,1H3. The molecule has 1 rings (SSSR count). The lowest BCUT2D eigenvalue weighted by Crippen LogP contribution is -2.30. The normalized spacial score (nSPS) is 12.2. The van der Waals surface area contributed by atoms with Gasteiger partial charge in [0.15, 0.2) is 0 Å². The van der Waals surface area contributed by atoms with E-state index < -0.39 is 18.5 Å². The molecular formula is C11H14F4N2. The molecule has 0 atom stereocenters. The van der Waals surface area contributed by atoms with Crippen molar-refractivity contribution in [1.82, 2.24) is 4.90 Å². The number of rotatable bonds is 4. The molecule has 96 valence electrons. The molecule has 0 bridgehead atoms. The molecule has 0 heterocycles. The van der Waals surface area contributed by atoms with Crippen molar-refractivity contribution in [1.29, 1.82) is 0 Å². The van der Waals surface area contributed by atoms with Gasteiger partial charge in [-0.25, -0.2) is 4.39 Å². The molecule has 1 aromatic rings. The van der Waals surface area contributed by atoms with E-state index in [4.69, 9.17) is 5.73 Å². The van der Waals surface area contributed by atoms with Gasteiger partial charge in [0, 0.05) is 18.7 Å². The molecule has 17 heavy (non-hydrogen) atoms. The summed E-state index contributed by atoms with van der Waals surface area (Å²) in [6, 6.07) is 4.32. The van der Waals surface area contributed by atoms with Gasteiger partial charge in [0.1, 0.15) is 5.82 Å². The molecule has 0 aliphatic heterocycles. The van der Waals surface area contributed by atoms with Crippen LogP contribution in [0, 0.1) is 5.82 Å². The van der Waals surface area contributed by atoms with E-state index >= 15 is 0 Å². The number of benzene rings is 1. The van der Waals surface area contributed by atoms with Gasteiger partial charge in [0.25, 0.3) is 0 Å². The average Bonchev–Trinajstić information content (AvgIpc) is 2.18. The van der Waals surface area contributed by atoms with Crippen LogP contribution < -0.4 is 5.73 Å². The van der Waals surface area contributed by atoms with Crippen LogP contribution in [0.15, 0.2) is 18.2 Å². The van der Waals surface area contributed by atoms with Gasteiger partial charge in [-0.15, -0.1) is 0 Å². The number of alkyl halides is 3. The maximum absolute atomic E-state index is 13.5. The zero-order valence-corrected chi connectivity index (χ0v) is 9.39. The highest BCUT2D eigenvalue weighted by atomic mass is 19.4. The average molecular weight is 250 g/mol. The highest BCUT2D eigenvalue weighted by Crippen LogP contribution is 2.18. The molecule has 0 aliphatic rings. The largest absolute Gasteiger partial charge is 0.401 e. The van der Waals surface area contributed by atoms with Crippen molar-refractivity contribution < 1.29 is 17.6 Å². The third kappa shape index (κ3) is 4.70. The molecule has 0 spiro atoms. The molecule has 0 unspecified atom stereocenters. The van der Waals surface area contributed by atoms with Crippen molar-refractivity contribution in [2.75, 3.05) is 13.6 Å². The minimum atomic E-state index is -4.28. The third-order valence-electron chi connectivity index (χ3n) is 2.24. The number of halogens is 4. The van der Waals surface area contributed by atoms with E-state index in [1.807, 2.05) is 0 Å². The van der Waals surface area contributed by atoms with Gasteiger partial charge in [0.05, 0.1) is 6.54 Å². The quantitative estimate of drug-likeness (QED) is 0.831. The van der Waals surface area contributed by atoms with Crippen molar-refractivity contribution in [2.45, 2.75) is 19.3 Å². The first-order valence-corrected chi connectivity index (χ1v) is 5.04. The van der Waals surface area contributed by atoms with E-state index in [0.29, 0.717) is 5.56 Å². The Balaban J connectivity index is 2.68. The molecule has 0 radical (unpaired) electrons. The van der Waals surface area contributed by atoms with E-state index in [1.165, 1.54) is 19.2 Å². The van der Waals surface area contributed by atoms with Crippen LogP contribution in [-0.2, 0) is 13.1 Å². The van der Waals surface area contributed by atoms with E-state index in [9.17, 15) is 17.6 Å². The summed E-state index contributed by atoms with van der Waals surface area (Å²) < 4.78 is 49.7. The monoisotopic (exact) mass is 250 g/mol. The summed E-state index contributed by atoms with van der Waals surface area (Å²) >= 11 is 0. The molecule has 2 N–H and O–H groups in total. The Kier molecular flexibility index (Phi) is 4.47. The predicted molar refractivity (Wildman–Crippen MR) is 56.7 cm³/mol. The SMILES string of the molecule is CN(Cc1ccc(CN)cc1F)CC(F)(F)F. The van der Waals surface area contributed by atoms with E-state index in [1.54, 1.807) is 6.07 Å². The first-order valence-electron chi connectivity index (χ1n) is 5.04. The lowest BCUT2D eigenvalue weighted by Gasteiger charge is -2.19. The van der Waals surface area contributed by atoms with E-state index in [0.717, 1.165) is 4.90 Å². The highest BCUT2D eigenvalue weighted by molar-refractivity contribution is 5.24. The Morgan fingerprint density at radius 1 is 1.29 bits per heavy atom. The summed E-state index contributed by atoms with van der Waals surface area (Å²) in [5.41, 5.74) is 6.17.